The number of piperidine rings is 1. The Morgan fingerprint density at radius 1 is 1.10 bits per heavy atom. The van der Waals surface area contributed by atoms with Crippen LogP contribution < -0.4 is 0 Å². The number of hydrogen-bond acceptors (Lipinski definition) is 2. The van der Waals surface area contributed by atoms with Crippen LogP contribution >= 0.6 is 11.6 Å². The van der Waals surface area contributed by atoms with Gasteiger partial charge in [-0.15, -0.1) is 0 Å². The molecule has 5 rings (SSSR count). The van der Waals surface area contributed by atoms with Gasteiger partial charge in [0.1, 0.15) is 5.82 Å². The maximum absolute atomic E-state index is 13.3. The molecule has 0 spiro atoms. The van der Waals surface area contributed by atoms with Crippen molar-refractivity contribution in [2.24, 2.45) is 11.8 Å². The van der Waals surface area contributed by atoms with Crippen LogP contribution in [0.3, 0.4) is 0 Å². The van der Waals surface area contributed by atoms with Crippen LogP contribution in [0.2, 0.25) is 5.02 Å². The van der Waals surface area contributed by atoms with E-state index in [2.05, 4.69) is 64.7 Å². The van der Waals surface area contributed by atoms with Crippen LogP contribution in [0.1, 0.15) is 44.2 Å². The predicted octanol–water partition coefficient (Wildman–Crippen LogP) is 5.59. The Kier molecular flexibility index (Phi) is 5.13. The summed E-state index contributed by atoms with van der Waals surface area (Å²) in [4.78, 5) is 20.0. The monoisotopic (exact) mass is 433 g/mol. The summed E-state index contributed by atoms with van der Waals surface area (Å²) in [5.74, 6) is 2.33. The molecule has 3 heterocycles. The van der Waals surface area contributed by atoms with Gasteiger partial charge in [-0.2, -0.15) is 0 Å². The molecule has 1 saturated heterocycles. The van der Waals surface area contributed by atoms with Crippen molar-refractivity contribution in [3.8, 4) is 11.4 Å². The van der Waals surface area contributed by atoms with E-state index < -0.39 is 5.54 Å². The van der Waals surface area contributed by atoms with Crippen molar-refractivity contribution < 1.29 is 4.79 Å². The number of halogens is 1. The molecule has 1 amide bonds. The first-order valence-corrected chi connectivity index (χ1v) is 11.5. The summed E-state index contributed by atoms with van der Waals surface area (Å²) >= 11 is 6.22. The van der Waals surface area contributed by atoms with E-state index in [1.54, 1.807) is 0 Å². The van der Waals surface area contributed by atoms with Crippen molar-refractivity contribution in [2.75, 3.05) is 13.1 Å². The number of aromatic nitrogens is 2. The van der Waals surface area contributed by atoms with E-state index in [4.69, 9.17) is 11.6 Å². The average molecular weight is 434 g/mol. The van der Waals surface area contributed by atoms with Crippen LogP contribution in [0, 0.1) is 11.8 Å². The fourth-order valence-electron chi connectivity index (χ4n) is 5.71. The molecular weight excluding hydrogens is 406 g/mol. The van der Waals surface area contributed by atoms with E-state index >= 15 is 0 Å². The number of amides is 1. The molecule has 3 unspecified atom stereocenters. The summed E-state index contributed by atoms with van der Waals surface area (Å²) in [7, 11) is 0. The largest absolute Gasteiger partial charge is 0.342 e. The minimum atomic E-state index is -0.463. The molecule has 0 radical (unpaired) electrons. The molecule has 0 saturated carbocycles. The third-order valence-corrected chi connectivity index (χ3v) is 7.16. The molecule has 160 valence electrons. The number of carbonyl (C=O) groups is 1. The summed E-state index contributed by atoms with van der Waals surface area (Å²) in [6.07, 6.45) is 6.27. The standard InChI is InChI=1S/C26H28ClN3O/c1-18-15-19(2)17-29(16-18)24(31)11-12-26(20-7-9-21(27)10-8-20)23-6-4-3-5-22(23)25-28-13-14-30(25)26/h3-10,13-14,18-19H,11-12,15-17H2,1-2H3. The van der Waals surface area contributed by atoms with Crippen molar-refractivity contribution in [3.05, 3.63) is 77.1 Å². The lowest BCUT2D eigenvalue weighted by Gasteiger charge is -2.37. The Morgan fingerprint density at radius 2 is 1.81 bits per heavy atom. The number of fused-ring (bicyclic) bond motifs is 3. The molecule has 31 heavy (non-hydrogen) atoms. The first-order valence-electron chi connectivity index (χ1n) is 11.2. The average Bonchev–Trinajstić information content (AvgIpc) is 3.33. The zero-order valence-corrected chi connectivity index (χ0v) is 18.8. The number of nitrogens with zero attached hydrogens (tertiary/aromatic N) is 3. The second kappa shape index (κ2) is 7.83. The van der Waals surface area contributed by atoms with Crippen molar-refractivity contribution in [3.63, 3.8) is 0 Å². The fourth-order valence-corrected chi connectivity index (χ4v) is 5.84. The number of likely N-dealkylation sites (tertiary alicyclic amines) is 1. The van der Waals surface area contributed by atoms with Gasteiger partial charge < -0.3 is 9.47 Å². The number of carbonyl (C=O) groups excluding carboxylic acids is 1. The Labute approximate surface area is 188 Å². The fraction of sp³-hybridized carbons (Fsp3) is 0.385. The molecule has 5 heteroatoms. The van der Waals surface area contributed by atoms with E-state index in [0.717, 1.165) is 30.0 Å². The molecule has 4 nitrogen and oxygen atoms in total. The maximum Gasteiger partial charge on any atom is 0.222 e. The van der Waals surface area contributed by atoms with Gasteiger partial charge in [0, 0.05) is 42.5 Å². The van der Waals surface area contributed by atoms with Gasteiger partial charge in [0.2, 0.25) is 5.91 Å². The molecule has 3 atom stereocenters. The summed E-state index contributed by atoms with van der Waals surface area (Å²) < 4.78 is 2.25. The Bertz CT molecular complexity index is 1100. The topological polar surface area (TPSA) is 38.1 Å². The summed E-state index contributed by atoms with van der Waals surface area (Å²) in [5.41, 5.74) is 3.01. The van der Waals surface area contributed by atoms with Crippen LogP contribution in [-0.4, -0.2) is 33.4 Å². The Hall–Kier alpha value is -2.59. The molecule has 2 aliphatic rings. The van der Waals surface area contributed by atoms with Crippen molar-refractivity contribution in [2.45, 2.75) is 38.6 Å². The first kappa shape index (κ1) is 20.3. The smallest absolute Gasteiger partial charge is 0.222 e. The van der Waals surface area contributed by atoms with Crippen LogP contribution in [0.15, 0.2) is 60.9 Å². The van der Waals surface area contributed by atoms with Crippen LogP contribution in [-0.2, 0) is 10.3 Å². The normalized spacial score (nSPS) is 24.7. The highest BCUT2D eigenvalue weighted by molar-refractivity contribution is 6.30. The third kappa shape index (κ3) is 3.38. The number of rotatable bonds is 4. The van der Waals surface area contributed by atoms with Crippen molar-refractivity contribution in [1.29, 1.82) is 0 Å². The zero-order valence-electron chi connectivity index (χ0n) is 18.1. The lowest BCUT2D eigenvalue weighted by Crippen LogP contribution is -2.43. The highest BCUT2D eigenvalue weighted by Crippen LogP contribution is 2.49. The quantitative estimate of drug-likeness (QED) is 0.537. The molecule has 3 aromatic rings. The van der Waals surface area contributed by atoms with Gasteiger partial charge in [-0.1, -0.05) is 61.8 Å². The SMILES string of the molecule is CC1CC(C)CN(C(=O)CCC2(c3ccc(Cl)cc3)c3ccccc3-c3nccn32)C1. The van der Waals surface area contributed by atoms with Crippen LogP contribution in [0.4, 0.5) is 0 Å². The van der Waals surface area contributed by atoms with Gasteiger partial charge in [-0.05, 0) is 47.9 Å². The summed E-state index contributed by atoms with van der Waals surface area (Å²) in [5, 5.41) is 0.711. The highest BCUT2D eigenvalue weighted by Gasteiger charge is 2.45. The van der Waals surface area contributed by atoms with Gasteiger partial charge in [0.15, 0.2) is 0 Å². The van der Waals surface area contributed by atoms with E-state index in [9.17, 15) is 4.79 Å². The minimum Gasteiger partial charge on any atom is -0.342 e. The lowest BCUT2D eigenvalue weighted by atomic mass is 9.79. The molecule has 2 aromatic carbocycles. The van der Waals surface area contributed by atoms with Gasteiger partial charge in [-0.3, -0.25) is 4.79 Å². The van der Waals surface area contributed by atoms with Gasteiger partial charge >= 0.3 is 0 Å². The van der Waals surface area contributed by atoms with E-state index in [1.807, 2.05) is 24.5 Å². The summed E-state index contributed by atoms with van der Waals surface area (Å²) in [6, 6.07) is 16.5. The lowest BCUT2D eigenvalue weighted by molar-refractivity contribution is -0.134. The van der Waals surface area contributed by atoms with Gasteiger partial charge in [0.05, 0.1) is 5.54 Å². The van der Waals surface area contributed by atoms with Crippen molar-refractivity contribution >= 4 is 17.5 Å². The van der Waals surface area contributed by atoms with Crippen LogP contribution in [0.5, 0.6) is 0 Å². The van der Waals surface area contributed by atoms with E-state index in [-0.39, 0.29) is 5.91 Å². The molecule has 0 bridgehead atoms. The van der Waals surface area contributed by atoms with Gasteiger partial charge in [-0.25, -0.2) is 4.98 Å². The Morgan fingerprint density at radius 3 is 2.55 bits per heavy atom. The number of hydrogen-bond donors (Lipinski definition) is 0. The second-order valence-corrected chi connectivity index (χ2v) is 9.71. The molecule has 2 aliphatic heterocycles. The maximum atomic E-state index is 13.3. The van der Waals surface area contributed by atoms with Gasteiger partial charge in [0.25, 0.3) is 0 Å². The minimum absolute atomic E-state index is 0.248. The van der Waals surface area contributed by atoms with Crippen LogP contribution in [0.25, 0.3) is 11.4 Å². The van der Waals surface area contributed by atoms with Crippen molar-refractivity contribution in [1.82, 2.24) is 14.5 Å². The molecule has 0 aliphatic carbocycles. The summed E-state index contributed by atoms with van der Waals surface area (Å²) in [6.45, 7) is 6.22. The zero-order chi connectivity index (χ0) is 21.6. The van der Waals surface area contributed by atoms with E-state index in [0.29, 0.717) is 29.7 Å². The predicted molar refractivity (Wildman–Crippen MR) is 124 cm³/mol. The molecule has 1 fully saturated rings. The Balaban J connectivity index is 1.54. The van der Waals surface area contributed by atoms with E-state index in [1.165, 1.54) is 12.0 Å². The number of imidazole rings is 1. The second-order valence-electron chi connectivity index (χ2n) is 9.28. The third-order valence-electron chi connectivity index (χ3n) is 6.91. The molecular formula is C26H28ClN3O. The highest BCUT2D eigenvalue weighted by atomic mass is 35.5. The molecule has 0 N–H and O–H groups in total. The number of benzene rings is 2. The first-order chi connectivity index (χ1) is 15.0. The molecule has 1 aromatic heterocycles.